The predicted molar refractivity (Wildman–Crippen MR) is 54.7 cm³/mol. The van der Waals surface area contributed by atoms with Gasteiger partial charge in [-0.1, -0.05) is 19.9 Å². The molecule has 0 aromatic carbocycles. The topological polar surface area (TPSA) is 54.4 Å². The van der Waals surface area contributed by atoms with Crippen LogP contribution in [0.1, 0.15) is 29.9 Å². The molecule has 0 spiro atoms. The highest BCUT2D eigenvalue weighted by atomic mass is 32.1. The van der Waals surface area contributed by atoms with Crippen molar-refractivity contribution in [2.24, 2.45) is 5.41 Å². The van der Waals surface area contributed by atoms with Crippen molar-refractivity contribution >= 4 is 23.1 Å². The van der Waals surface area contributed by atoms with Gasteiger partial charge in [-0.15, -0.1) is 11.3 Å². The van der Waals surface area contributed by atoms with Crippen LogP contribution in [0, 0.1) is 5.41 Å². The minimum absolute atomic E-state index is 0.102. The van der Waals surface area contributed by atoms with Crippen LogP contribution in [0.3, 0.4) is 0 Å². The van der Waals surface area contributed by atoms with E-state index in [4.69, 9.17) is 5.11 Å². The molecule has 14 heavy (non-hydrogen) atoms. The van der Waals surface area contributed by atoms with Crippen LogP contribution in [0.5, 0.6) is 0 Å². The Morgan fingerprint density at radius 3 is 2.57 bits per heavy atom. The Morgan fingerprint density at radius 1 is 1.50 bits per heavy atom. The van der Waals surface area contributed by atoms with Crippen molar-refractivity contribution in [1.82, 2.24) is 0 Å². The Bertz CT molecular complexity index is 338. The van der Waals surface area contributed by atoms with E-state index in [0.717, 1.165) is 0 Å². The Hall–Kier alpha value is -1.16. The molecule has 0 saturated carbocycles. The third kappa shape index (κ3) is 2.42. The number of thiophene rings is 1. The molecule has 0 atom stereocenters. The first-order valence-corrected chi connectivity index (χ1v) is 5.11. The fraction of sp³-hybridized carbons (Fsp3) is 0.400. The molecule has 1 N–H and O–H groups in total. The lowest BCUT2D eigenvalue weighted by Gasteiger charge is -2.19. The molecular weight excluding hydrogens is 200 g/mol. The van der Waals surface area contributed by atoms with E-state index < -0.39 is 11.4 Å². The lowest BCUT2D eigenvalue weighted by Crippen LogP contribution is -2.26. The van der Waals surface area contributed by atoms with Gasteiger partial charge in [0.1, 0.15) is 0 Å². The third-order valence-corrected chi connectivity index (χ3v) is 2.82. The maximum absolute atomic E-state index is 11.8. The van der Waals surface area contributed by atoms with E-state index in [0.29, 0.717) is 4.88 Å². The van der Waals surface area contributed by atoms with Crippen molar-refractivity contribution in [3.8, 4) is 0 Å². The highest BCUT2D eigenvalue weighted by Gasteiger charge is 2.31. The maximum Gasteiger partial charge on any atom is 0.304 e. The molecular formula is C10H12O3S. The van der Waals surface area contributed by atoms with Gasteiger partial charge in [-0.2, -0.15) is 0 Å². The van der Waals surface area contributed by atoms with Gasteiger partial charge in [0, 0.05) is 5.41 Å². The second-order valence-electron chi connectivity index (χ2n) is 3.76. The zero-order chi connectivity index (χ0) is 10.8. The van der Waals surface area contributed by atoms with Crippen LogP contribution in [0.2, 0.25) is 0 Å². The Morgan fingerprint density at radius 2 is 2.14 bits per heavy atom. The Balaban J connectivity index is 2.83. The van der Waals surface area contributed by atoms with Gasteiger partial charge in [0.15, 0.2) is 5.78 Å². The fourth-order valence-electron chi connectivity index (χ4n) is 1.20. The number of aliphatic carboxylic acids is 1. The van der Waals surface area contributed by atoms with Crippen molar-refractivity contribution in [2.45, 2.75) is 20.3 Å². The number of rotatable bonds is 4. The summed E-state index contributed by atoms with van der Waals surface area (Å²) in [5.74, 6) is -1.05. The molecule has 1 heterocycles. The minimum atomic E-state index is -0.945. The number of ketones is 1. The first-order chi connectivity index (χ1) is 6.43. The van der Waals surface area contributed by atoms with Crippen LogP contribution < -0.4 is 0 Å². The summed E-state index contributed by atoms with van der Waals surface area (Å²) in [5, 5.41) is 10.5. The van der Waals surface area contributed by atoms with Crippen molar-refractivity contribution in [3.05, 3.63) is 22.4 Å². The van der Waals surface area contributed by atoms with Gasteiger partial charge in [-0.3, -0.25) is 9.59 Å². The van der Waals surface area contributed by atoms with Gasteiger partial charge in [0.05, 0.1) is 11.3 Å². The average Bonchev–Trinajstić information content (AvgIpc) is 2.51. The molecule has 0 aliphatic rings. The Labute approximate surface area is 86.4 Å². The molecule has 0 saturated heterocycles. The summed E-state index contributed by atoms with van der Waals surface area (Å²) in [5.41, 5.74) is -0.823. The number of carbonyl (C=O) groups excluding carboxylic acids is 1. The minimum Gasteiger partial charge on any atom is -0.481 e. The molecule has 3 nitrogen and oxygen atoms in total. The molecule has 0 radical (unpaired) electrons. The van der Waals surface area contributed by atoms with Crippen molar-refractivity contribution in [1.29, 1.82) is 0 Å². The molecule has 0 unspecified atom stereocenters. The zero-order valence-electron chi connectivity index (χ0n) is 8.11. The molecule has 1 aromatic rings. The number of Topliss-reactive ketones (excluding diaryl/α,β-unsaturated/α-hetero) is 1. The third-order valence-electron chi connectivity index (χ3n) is 1.95. The second-order valence-corrected chi connectivity index (χ2v) is 4.71. The maximum atomic E-state index is 11.8. The fourth-order valence-corrected chi connectivity index (χ4v) is 2.04. The van der Waals surface area contributed by atoms with Crippen molar-refractivity contribution in [2.75, 3.05) is 0 Å². The van der Waals surface area contributed by atoms with E-state index in [1.54, 1.807) is 26.0 Å². The molecule has 0 aliphatic heterocycles. The molecule has 4 heteroatoms. The van der Waals surface area contributed by atoms with E-state index in [2.05, 4.69) is 0 Å². The van der Waals surface area contributed by atoms with E-state index >= 15 is 0 Å². The number of hydrogen-bond acceptors (Lipinski definition) is 3. The summed E-state index contributed by atoms with van der Waals surface area (Å²) < 4.78 is 0. The summed E-state index contributed by atoms with van der Waals surface area (Å²) >= 11 is 1.34. The highest BCUT2D eigenvalue weighted by molar-refractivity contribution is 7.12. The van der Waals surface area contributed by atoms with Crippen LogP contribution in [-0.2, 0) is 4.79 Å². The molecule has 0 amide bonds. The van der Waals surface area contributed by atoms with Crippen molar-refractivity contribution in [3.63, 3.8) is 0 Å². The lowest BCUT2D eigenvalue weighted by molar-refractivity contribution is -0.138. The lowest BCUT2D eigenvalue weighted by atomic mass is 9.84. The quantitative estimate of drug-likeness (QED) is 0.780. The van der Waals surface area contributed by atoms with Gasteiger partial charge in [0.25, 0.3) is 0 Å². The van der Waals surface area contributed by atoms with Gasteiger partial charge < -0.3 is 5.11 Å². The molecule has 1 aromatic heterocycles. The number of carbonyl (C=O) groups is 2. The van der Waals surface area contributed by atoms with E-state index in [1.165, 1.54) is 11.3 Å². The summed E-state index contributed by atoms with van der Waals surface area (Å²) in [6.45, 7) is 3.31. The van der Waals surface area contributed by atoms with Crippen LogP contribution in [-0.4, -0.2) is 16.9 Å². The van der Waals surface area contributed by atoms with Crippen LogP contribution in [0.25, 0.3) is 0 Å². The number of carboxylic acids is 1. The summed E-state index contributed by atoms with van der Waals surface area (Å²) in [6, 6.07) is 3.51. The van der Waals surface area contributed by atoms with Gasteiger partial charge >= 0.3 is 5.97 Å². The van der Waals surface area contributed by atoms with E-state index in [9.17, 15) is 9.59 Å². The number of carboxylic acid groups (broad SMARTS) is 1. The van der Waals surface area contributed by atoms with Gasteiger partial charge in [0.2, 0.25) is 0 Å². The summed E-state index contributed by atoms with van der Waals surface area (Å²) in [6.07, 6.45) is -0.135. The Kier molecular flexibility index (Phi) is 3.06. The van der Waals surface area contributed by atoms with Crippen LogP contribution in [0.15, 0.2) is 17.5 Å². The van der Waals surface area contributed by atoms with Crippen LogP contribution in [0.4, 0.5) is 0 Å². The molecule has 0 aliphatic carbocycles. The largest absolute Gasteiger partial charge is 0.481 e. The molecule has 0 bridgehead atoms. The SMILES string of the molecule is CC(C)(CC(=O)O)C(=O)c1cccs1. The molecule has 76 valence electrons. The molecule has 1 rings (SSSR count). The normalized spacial score (nSPS) is 11.3. The van der Waals surface area contributed by atoms with Crippen molar-refractivity contribution < 1.29 is 14.7 Å². The first kappa shape index (κ1) is 10.9. The zero-order valence-corrected chi connectivity index (χ0v) is 8.93. The van der Waals surface area contributed by atoms with Crippen LogP contribution >= 0.6 is 11.3 Å². The monoisotopic (exact) mass is 212 g/mol. The molecule has 0 fully saturated rings. The summed E-state index contributed by atoms with van der Waals surface area (Å²) in [4.78, 5) is 23.0. The summed E-state index contributed by atoms with van der Waals surface area (Å²) in [7, 11) is 0. The predicted octanol–water partition coefficient (Wildman–Crippen LogP) is 2.43. The van der Waals surface area contributed by atoms with E-state index in [-0.39, 0.29) is 12.2 Å². The van der Waals surface area contributed by atoms with Gasteiger partial charge in [-0.25, -0.2) is 0 Å². The smallest absolute Gasteiger partial charge is 0.304 e. The highest BCUT2D eigenvalue weighted by Crippen LogP contribution is 2.27. The standard InChI is InChI=1S/C10H12O3S/c1-10(2,6-8(11)12)9(13)7-4-3-5-14-7/h3-5H,6H2,1-2H3,(H,11,12). The first-order valence-electron chi connectivity index (χ1n) is 4.23. The second kappa shape index (κ2) is 3.92. The average molecular weight is 212 g/mol. The van der Waals surface area contributed by atoms with Gasteiger partial charge in [-0.05, 0) is 11.4 Å². The number of hydrogen-bond donors (Lipinski definition) is 1. The van der Waals surface area contributed by atoms with E-state index in [1.807, 2.05) is 5.38 Å².